The number of anilines is 1. The number of hydrogen-bond acceptors (Lipinski definition) is 4. The number of aliphatic hydroxyl groups is 1. The van der Waals surface area contributed by atoms with Gasteiger partial charge >= 0.3 is 0 Å². The molecule has 0 aromatic carbocycles. The van der Waals surface area contributed by atoms with E-state index < -0.39 is 0 Å². The van der Waals surface area contributed by atoms with Gasteiger partial charge in [0.1, 0.15) is 16.8 Å². The molecule has 100 valence electrons. The van der Waals surface area contributed by atoms with Crippen LogP contribution in [-0.2, 0) is 0 Å². The number of halogens is 1. The van der Waals surface area contributed by atoms with Crippen LogP contribution in [-0.4, -0.2) is 28.2 Å². The molecule has 1 aromatic rings. The van der Waals surface area contributed by atoms with E-state index in [0.717, 1.165) is 43.0 Å². The van der Waals surface area contributed by atoms with Crippen molar-refractivity contribution in [2.75, 3.05) is 18.5 Å². The fourth-order valence-corrected chi connectivity index (χ4v) is 2.00. The monoisotopic (exact) mass is 269 g/mol. The van der Waals surface area contributed by atoms with Crippen molar-refractivity contribution in [3.8, 4) is 0 Å². The first-order chi connectivity index (χ1) is 8.72. The number of rotatable bonds is 7. The second kappa shape index (κ2) is 6.34. The Labute approximate surface area is 113 Å². The Hall–Kier alpha value is -0.870. The summed E-state index contributed by atoms with van der Waals surface area (Å²) in [5.74, 6) is 2.25. The van der Waals surface area contributed by atoms with Crippen LogP contribution < -0.4 is 5.32 Å². The van der Waals surface area contributed by atoms with E-state index in [0.29, 0.717) is 11.1 Å². The highest BCUT2D eigenvalue weighted by Crippen LogP contribution is 2.39. The molecular weight excluding hydrogens is 250 g/mol. The van der Waals surface area contributed by atoms with E-state index in [2.05, 4.69) is 15.3 Å². The summed E-state index contributed by atoms with van der Waals surface area (Å²) in [5.41, 5.74) is 0.920. The largest absolute Gasteiger partial charge is 0.396 e. The highest BCUT2D eigenvalue weighted by Gasteiger charge is 2.27. The maximum Gasteiger partial charge on any atom is 0.137 e. The highest BCUT2D eigenvalue weighted by molar-refractivity contribution is 6.30. The predicted octanol–water partition coefficient (Wildman–Crippen LogP) is 2.89. The fourth-order valence-electron chi connectivity index (χ4n) is 1.82. The van der Waals surface area contributed by atoms with Crippen molar-refractivity contribution < 1.29 is 5.11 Å². The first-order valence-corrected chi connectivity index (χ1v) is 6.99. The van der Waals surface area contributed by atoms with Crippen molar-refractivity contribution in [2.45, 2.75) is 44.9 Å². The summed E-state index contributed by atoms with van der Waals surface area (Å²) in [5, 5.41) is 12.6. The standard InChI is InChI=1S/C13H20ClN3O/c1-9-11(14)16-13(10-5-6-10)17-12(9)15-7-3-2-4-8-18/h10,18H,2-8H2,1H3,(H,15,16,17). The van der Waals surface area contributed by atoms with Gasteiger partial charge in [0, 0.05) is 24.6 Å². The molecule has 0 spiro atoms. The van der Waals surface area contributed by atoms with Crippen LogP contribution in [0.25, 0.3) is 0 Å². The Balaban J connectivity index is 1.93. The number of nitrogens with one attached hydrogen (secondary N) is 1. The SMILES string of the molecule is Cc1c(Cl)nc(C2CC2)nc1NCCCCCO. The molecule has 0 radical (unpaired) electrons. The molecule has 0 saturated heterocycles. The first kappa shape index (κ1) is 13.6. The lowest BCUT2D eigenvalue weighted by molar-refractivity contribution is 0.283. The molecule has 1 heterocycles. The number of aliphatic hydroxyl groups excluding tert-OH is 1. The van der Waals surface area contributed by atoms with Crippen molar-refractivity contribution in [2.24, 2.45) is 0 Å². The lowest BCUT2D eigenvalue weighted by Crippen LogP contribution is -2.08. The van der Waals surface area contributed by atoms with Gasteiger partial charge in [-0.15, -0.1) is 0 Å². The Bertz CT molecular complexity index is 407. The third-order valence-corrected chi connectivity index (χ3v) is 3.54. The van der Waals surface area contributed by atoms with E-state index in [1.807, 2.05) is 6.92 Å². The summed E-state index contributed by atoms with van der Waals surface area (Å²) in [7, 11) is 0. The molecule has 1 aliphatic carbocycles. The van der Waals surface area contributed by atoms with Gasteiger partial charge in [-0.05, 0) is 39.0 Å². The molecule has 0 unspecified atom stereocenters. The summed E-state index contributed by atoms with van der Waals surface area (Å²) < 4.78 is 0. The number of nitrogens with zero attached hydrogens (tertiary/aromatic N) is 2. The van der Waals surface area contributed by atoms with Gasteiger partial charge in [-0.25, -0.2) is 9.97 Å². The average Bonchev–Trinajstić information content (AvgIpc) is 3.18. The fraction of sp³-hybridized carbons (Fsp3) is 0.692. The van der Waals surface area contributed by atoms with Crippen molar-refractivity contribution in [3.63, 3.8) is 0 Å². The van der Waals surface area contributed by atoms with Gasteiger partial charge in [0.25, 0.3) is 0 Å². The minimum Gasteiger partial charge on any atom is -0.396 e. The van der Waals surface area contributed by atoms with Crippen LogP contribution in [0, 0.1) is 6.92 Å². The topological polar surface area (TPSA) is 58.0 Å². The van der Waals surface area contributed by atoms with Crippen molar-refractivity contribution in [3.05, 3.63) is 16.5 Å². The van der Waals surface area contributed by atoms with E-state index in [1.165, 1.54) is 12.8 Å². The second-order valence-corrected chi connectivity index (χ2v) is 5.19. The Morgan fingerprint density at radius 1 is 1.28 bits per heavy atom. The zero-order valence-corrected chi connectivity index (χ0v) is 11.5. The van der Waals surface area contributed by atoms with E-state index in [9.17, 15) is 0 Å². The summed E-state index contributed by atoms with van der Waals surface area (Å²) in [6.45, 7) is 3.07. The van der Waals surface area contributed by atoms with Gasteiger partial charge in [-0.1, -0.05) is 11.6 Å². The van der Waals surface area contributed by atoms with Crippen molar-refractivity contribution >= 4 is 17.4 Å². The number of unbranched alkanes of at least 4 members (excludes halogenated alkanes) is 2. The van der Waals surface area contributed by atoms with Crippen LogP contribution in [0.4, 0.5) is 5.82 Å². The molecule has 2 rings (SSSR count). The number of aromatic nitrogens is 2. The van der Waals surface area contributed by atoms with Gasteiger partial charge in [-0.2, -0.15) is 0 Å². The maximum absolute atomic E-state index is 8.71. The van der Waals surface area contributed by atoms with Crippen LogP contribution in [0.2, 0.25) is 5.15 Å². The molecule has 0 aliphatic heterocycles. The third-order valence-electron chi connectivity index (χ3n) is 3.17. The van der Waals surface area contributed by atoms with Gasteiger partial charge in [0.15, 0.2) is 0 Å². The molecule has 2 N–H and O–H groups in total. The molecule has 0 amide bonds. The average molecular weight is 270 g/mol. The lowest BCUT2D eigenvalue weighted by atomic mass is 10.2. The molecule has 4 nitrogen and oxygen atoms in total. The van der Waals surface area contributed by atoms with Gasteiger partial charge in [-0.3, -0.25) is 0 Å². The smallest absolute Gasteiger partial charge is 0.137 e. The van der Waals surface area contributed by atoms with Gasteiger partial charge in [0.05, 0.1) is 0 Å². The summed E-state index contributed by atoms with van der Waals surface area (Å²) in [6, 6.07) is 0. The first-order valence-electron chi connectivity index (χ1n) is 6.61. The third kappa shape index (κ3) is 3.56. The Morgan fingerprint density at radius 2 is 2.06 bits per heavy atom. The van der Waals surface area contributed by atoms with E-state index in [1.54, 1.807) is 0 Å². The van der Waals surface area contributed by atoms with E-state index >= 15 is 0 Å². The molecule has 1 aromatic heterocycles. The van der Waals surface area contributed by atoms with Gasteiger partial charge < -0.3 is 10.4 Å². The quantitative estimate of drug-likeness (QED) is 0.590. The molecule has 0 atom stereocenters. The Kier molecular flexibility index (Phi) is 4.78. The van der Waals surface area contributed by atoms with Crippen LogP contribution >= 0.6 is 11.6 Å². The summed E-state index contributed by atoms with van der Waals surface area (Å²) >= 11 is 6.13. The van der Waals surface area contributed by atoms with Crippen LogP contribution in [0.15, 0.2) is 0 Å². The van der Waals surface area contributed by atoms with Gasteiger partial charge in [0.2, 0.25) is 0 Å². The van der Waals surface area contributed by atoms with Crippen LogP contribution in [0.5, 0.6) is 0 Å². The van der Waals surface area contributed by atoms with Crippen LogP contribution in [0.1, 0.15) is 49.4 Å². The summed E-state index contributed by atoms with van der Waals surface area (Å²) in [4.78, 5) is 8.89. The minimum atomic E-state index is 0.268. The zero-order chi connectivity index (χ0) is 13.0. The predicted molar refractivity (Wildman–Crippen MR) is 73.2 cm³/mol. The minimum absolute atomic E-state index is 0.268. The van der Waals surface area contributed by atoms with Crippen molar-refractivity contribution in [1.82, 2.24) is 9.97 Å². The molecule has 5 heteroatoms. The molecule has 0 bridgehead atoms. The lowest BCUT2D eigenvalue weighted by Gasteiger charge is -2.11. The second-order valence-electron chi connectivity index (χ2n) is 4.83. The maximum atomic E-state index is 8.71. The molecular formula is C13H20ClN3O. The van der Waals surface area contributed by atoms with Crippen LogP contribution in [0.3, 0.4) is 0 Å². The van der Waals surface area contributed by atoms with Crippen molar-refractivity contribution in [1.29, 1.82) is 0 Å². The highest BCUT2D eigenvalue weighted by atomic mass is 35.5. The zero-order valence-electron chi connectivity index (χ0n) is 10.7. The molecule has 1 fully saturated rings. The number of hydrogen-bond donors (Lipinski definition) is 2. The van der Waals surface area contributed by atoms with E-state index in [-0.39, 0.29) is 6.61 Å². The normalized spacial score (nSPS) is 14.8. The Morgan fingerprint density at radius 3 is 2.72 bits per heavy atom. The molecule has 1 aliphatic rings. The summed E-state index contributed by atoms with van der Waals surface area (Å²) in [6.07, 6.45) is 5.26. The molecule has 1 saturated carbocycles. The molecule has 18 heavy (non-hydrogen) atoms. The van der Waals surface area contributed by atoms with E-state index in [4.69, 9.17) is 16.7 Å².